The van der Waals surface area contributed by atoms with E-state index in [0.717, 1.165) is 42.6 Å². The summed E-state index contributed by atoms with van der Waals surface area (Å²) in [4.78, 5) is 6.44. The summed E-state index contributed by atoms with van der Waals surface area (Å²) in [5.41, 5.74) is 2.41. The summed E-state index contributed by atoms with van der Waals surface area (Å²) in [5.74, 6) is 0.883. The van der Waals surface area contributed by atoms with Crippen LogP contribution < -0.4 is 5.32 Å². The van der Waals surface area contributed by atoms with Crippen LogP contribution in [0, 0.1) is 0 Å². The van der Waals surface area contributed by atoms with Gasteiger partial charge < -0.3 is 14.8 Å². The normalized spacial score (nSPS) is 11.8. The SMILES string of the molecule is CN=C(NCCCc1cnn(C)c1)N(C)Cc1cc(Cl)cn1C. The van der Waals surface area contributed by atoms with Gasteiger partial charge in [0.2, 0.25) is 0 Å². The third-order valence-corrected chi connectivity index (χ3v) is 3.94. The van der Waals surface area contributed by atoms with Crippen molar-refractivity contribution in [3.05, 3.63) is 40.9 Å². The molecule has 0 saturated heterocycles. The Labute approximate surface area is 142 Å². The minimum Gasteiger partial charge on any atom is -0.356 e. The molecule has 2 aromatic rings. The van der Waals surface area contributed by atoms with E-state index in [-0.39, 0.29) is 0 Å². The Balaban J connectivity index is 1.79. The first kappa shape index (κ1) is 17.4. The van der Waals surface area contributed by atoms with Crippen molar-refractivity contribution in [2.45, 2.75) is 19.4 Å². The molecule has 2 heterocycles. The fourth-order valence-electron chi connectivity index (χ4n) is 2.52. The lowest BCUT2D eigenvalue weighted by Gasteiger charge is -2.22. The van der Waals surface area contributed by atoms with Crippen LogP contribution in [0.2, 0.25) is 5.02 Å². The molecule has 0 aromatic carbocycles. The van der Waals surface area contributed by atoms with Gasteiger partial charge in [-0.25, -0.2) is 0 Å². The van der Waals surface area contributed by atoms with Crippen molar-refractivity contribution in [3.63, 3.8) is 0 Å². The van der Waals surface area contributed by atoms with Gasteiger partial charge in [-0.05, 0) is 24.5 Å². The minimum atomic E-state index is 0.755. The second-order valence-corrected chi connectivity index (χ2v) is 6.15. The van der Waals surface area contributed by atoms with Gasteiger partial charge in [0.1, 0.15) is 0 Å². The topological polar surface area (TPSA) is 50.4 Å². The van der Waals surface area contributed by atoms with E-state index < -0.39 is 0 Å². The molecule has 1 N–H and O–H groups in total. The third-order valence-electron chi connectivity index (χ3n) is 3.73. The number of guanidine groups is 1. The number of aryl methyl sites for hydroxylation is 3. The molecule has 0 aliphatic rings. The molecular weight excluding hydrogens is 312 g/mol. The Kier molecular flexibility index (Phi) is 6.10. The molecule has 0 unspecified atom stereocenters. The number of rotatable bonds is 6. The molecule has 23 heavy (non-hydrogen) atoms. The standard InChI is InChI=1S/C16H25ClN6/c1-18-16(19-7-5-6-13-9-20-23(4)10-13)22(3)12-15-8-14(17)11-21(15)2/h8-11H,5-7,12H2,1-4H3,(H,18,19). The van der Waals surface area contributed by atoms with Gasteiger partial charge in [0, 0.05) is 52.8 Å². The summed E-state index contributed by atoms with van der Waals surface area (Å²) in [7, 11) is 7.77. The van der Waals surface area contributed by atoms with E-state index in [0.29, 0.717) is 0 Å². The summed E-state index contributed by atoms with van der Waals surface area (Å²) < 4.78 is 3.87. The van der Waals surface area contributed by atoms with Gasteiger partial charge in [-0.2, -0.15) is 5.10 Å². The van der Waals surface area contributed by atoms with E-state index >= 15 is 0 Å². The number of nitrogens with zero attached hydrogens (tertiary/aromatic N) is 5. The zero-order chi connectivity index (χ0) is 16.8. The molecule has 7 heteroatoms. The van der Waals surface area contributed by atoms with Crippen molar-refractivity contribution in [2.75, 3.05) is 20.6 Å². The lowest BCUT2D eigenvalue weighted by Crippen LogP contribution is -2.39. The van der Waals surface area contributed by atoms with E-state index in [1.807, 2.05) is 48.9 Å². The van der Waals surface area contributed by atoms with Crippen LogP contribution in [0.4, 0.5) is 0 Å². The first-order valence-corrected chi connectivity index (χ1v) is 8.07. The second-order valence-electron chi connectivity index (χ2n) is 5.72. The van der Waals surface area contributed by atoms with Crippen LogP contribution in [-0.2, 0) is 27.1 Å². The molecule has 0 aliphatic heterocycles. The molecule has 0 saturated carbocycles. The number of hydrogen-bond donors (Lipinski definition) is 1. The highest BCUT2D eigenvalue weighted by Gasteiger charge is 2.09. The molecule has 126 valence electrons. The molecule has 0 radical (unpaired) electrons. The Hall–Kier alpha value is -1.95. The number of aliphatic imine (C=N–C) groups is 1. The van der Waals surface area contributed by atoms with Crippen LogP contribution in [-0.4, -0.2) is 45.8 Å². The predicted octanol–water partition coefficient (Wildman–Crippen LogP) is 2.05. The quantitative estimate of drug-likeness (QED) is 0.499. The highest BCUT2D eigenvalue weighted by Crippen LogP contribution is 2.14. The number of aromatic nitrogens is 3. The molecule has 0 atom stereocenters. The van der Waals surface area contributed by atoms with Crippen molar-refractivity contribution >= 4 is 17.6 Å². The fourth-order valence-corrected chi connectivity index (χ4v) is 2.79. The number of hydrogen-bond acceptors (Lipinski definition) is 2. The lowest BCUT2D eigenvalue weighted by atomic mass is 10.2. The van der Waals surface area contributed by atoms with Crippen molar-refractivity contribution in [1.29, 1.82) is 0 Å². The lowest BCUT2D eigenvalue weighted by molar-refractivity contribution is 0.461. The highest BCUT2D eigenvalue weighted by atomic mass is 35.5. The van der Waals surface area contributed by atoms with Gasteiger partial charge in [0.15, 0.2) is 5.96 Å². The summed E-state index contributed by atoms with van der Waals surface area (Å²) in [5, 5.41) is 8.34. The maximum Gasteiger partial charge on any atom is 0.193 e. The van der Waals surface area contributed by atoms with Gasteiger partial charge in [-0.3, -0.25) is 9.67 Å². The molecule has 0 amide bonds. The molecule has 6 nitrogen and oxygen atoms in total. The summed E-state index contributed by atoms with van der Waals surface area (Å²) in [6, 6.07) is 1.98. The van der Waals surface area contributed by atoms with Crippen molar-refractivity contribution in [1.82, 2.24) is 24.6 Å². The maximum absolute atomic E-state index is 6.03. The Morgan fingerprint density at radius 3 is 2.74 bits per heavy atom. The minimum absolute atomic E-state index is 0.755. The zero-order valence-corrected chi connectivity index (χ0v) is 15.0. The van der Waals surface area contributed by atoms with Crippen molar-refractivity contribution < 1.29 is 0 Å². The third kappa shape index (κ3) is 5.03. The van der Waals surface area contributed by atoms with Crippen LogP contribution in [0.15, 0.2) is 29.6 Å². The monoisotopic (exact) mass is 336 g/mol. The average Bonchev–Trinajstić information content (AvgIpc) is 3.04. The van der Waals surface area contributed by atoms with E-state index in [9.17, 15) is 0 Å². The van der Waals surface area contributed by atoms with Gasteiger partial charge in [-0.15, -0.1) is 0 Å². The van der Waals surface area contributed by atoms with E-state index in [2.05, 4.69) is 26.5 Å². The molecule has 2 rings (SSSR count). The van der Waals surface area contributed by atoms with Crippen LogP contribution >= 0.6 is 11.6 Å². The highest BCUT2D eigenvalue weighted by molar-refractivity contribution is 6.30. The van der Waals surface area contributed by atoms with E-state index in [1.165, 1.54) is 5.56 Å². The van der Waals surface area contributed by atoms with E-state index in [4.69, 9.17) is 11.6 Å². The summed E-state index contributed by atoms with van der Waals surface area (Å²) >= 11 is 6.03. The summed E-state index contributed by atoms with van der Waals surface area (Å²) in [6.07, 6.45) is 7.93. The van der Waals surface area contributed by atoms with Crippen LogP contribution in [0.5, 0.6) is 0 Å². The zero-order valence-electron chi connectivity index (χ0n) is 14.3. The van der Waals surface area contributed by atoms with Gasteiger partial charge >= 0.3 is 0 Å². The summed E-state index contributed by atoms with van der Waals surface area (Å²) in [6.45, 7) is 1.63. The average molecular weight is 337 g/mol. The smallest absolute Gasteiger partial charge is 0.193 e. The van der Waals surface area contributed by atoms with Crippen molar-refractivity contribution in [3.8, 4) is 0 Å². The molecular formula is C16H25ClN6. The van der Waals surface area contributed by atoms with Gasteiger partial charge in [-0.1, -0.05) is 11.6 Å². The fraction of sp³-hybridized carbons (Fsp3) is 0.500. The Bertz CT molecular complexity index is 657. The predicted molar refractivity (Wildman–Crippen MR) is 94.8 cm³/mol. The van der Waals surface area contributed by atoms with E-state index in [1.54, 1.807) is 7.05 Å². The maximum atomic E-state index is 6.03. The Morgan fingerprint density at radius 1 is 1.39 bits per heavy atom. The van der Waals surface area contributed by atoms with Gasteiger partial charge in [0.05, 0.1) is 17.8 Å². The van der Waals surface area contributed by atoms with Crippen molar-refractivity contribution in [2.24, 2.45) is 19.1 Å². The largest absolute Gasteiger partial charge is 0.356 e. The van der Waals surface area contributed by atoms with Crippen LogP contribution in [0.1, 0.15) is 17.7 Å². The molecule has 0 bridgehead atoms. The first-order chi connectivity index (χ1) is 11.0. The number of halogens is 1. The number of nitrogens with one attached hydrogen (secondary N) is 1. The molecule has 2 aromatic heterocycles. The molecule has 0 aliphatic carbocycles. The van der Waals surface area contributed by atoms with Gasteiger partial charge in [0.25, 0.3) is 0 Å². The second kappa shape index (κ2) is 8.06. The molecule has 0 spiro atoms. The molecule has 0 fully saturated rings. The van der Waals surface area contributed by atoms with Crippen LogP contribution in [0.3, 0.4) is 0 Å². The van der Waals surface area contributed by atoms with Crippen LogP contribution in [0.25, 0.3) is 0 Å². The Morgan fingerprint density at radius 2 is 2.17 bits per heavy atom. The first-order valence-electron chi connectivity index (χ1n) is 7.69.